The molecule has 0 N–H and O–H groups in total. The molecule has 0 unspecified atom stereocenters. The molecule has 3 heteroatoms. The van der Waals surface area contributed by atoms with Crippen molar-refractivity contribution in [2.24, 2.45) is 0 Å². The molecule has 0 aliphatic carbocycles. The summed E-state index contributed by atoms with van der Waals surface area (Å²) in [5.74, 6) is 1.58. The number of methoxy groups -OCH3 is 1. The smallest absolute Gasteiger partial charge is 0.188 e. The van der Waals surface area contributed by atoms with Crippen molar-refractivity contribution < 1.29 is 14.2 Å². The molecule has 1 radical (unpaired) electrons. The van der Waals surface area contributed by atoms with Crippen LogP contribution in [0.25, 0.3) is 6.08 Å². The summed E-state index contributed by atoms with van der Waals surface area (Å²) in [6, 6.07) is 5.67. The zero-order valence-corrected chi connectivity index (χ0v) is 7.95. The molecule has 0 bridgehead atoms. The highest BCUT2D eigenvalue weighted by molar-refractivity contribution is 5.59. The lowest BCUT2D eigenvalue weighted by atomic mass is 10.1. The van der Waals surface area contributed by atoms with E-state index in [2.05, 4.69) is 6.08 Å². The Morgan fingerprint density at radius 2 is 2.43 bits per heavy atom. The van der Waals surface area contributed by atoms with Gasteiger partial charge in [0.25, 0.3) is 0 Å². The van der Waals surface area contributed by atoms with Crippen LogP contribution < -0.4 is 9.47 Å². The number of ether oxygens (including phenoxy) is 3. The Kier molecular flexibility index (Phi) is 2.70. The average molecular weight is 191 g/mol. The quantitative estimate of drug-likeness (QED) is 0.683. The summed E-state index contributed by atoms with van der Waals surface area (Å²) in [5, 5.41) is 0. The first-order chi connectivity index (χ1) is 6.90. The second-order valence-electron chi connectivity index (χ2n) is 2.89. The third-order valence-electron chi connectivity index (χ3n) is 1.90. The SMILES string of the molecule is COCOc1ccc2c(c1)OC[C]=C2. The van der Waals surface area contributed by atoms with Gasteiger partial charge < -0.3 is 14.2 Å². The van der Waals surface area contributed by atoms with E-state index >= 15 is 0 Å². The van der Waals surface area contributed by atoms with Crippen LogP contribution in [-0.2, 0) is 4.74 Å². The molecule has 73 valence electrons. The van der Waals surface area contributed by atoms with E-state index in [-0.39, 0.29) is 6.79 Å². The Hall–Kier alpha value is -1.48. The second kappa shape index (κ2) is 4.15. The average Bonchev–Trinajstić information content (AvgIpc) is 2.26. The van der Waals surface area contributed by atoms with Gasteiger partial charge in [0.2, 0.25) is 0 Å². The Labute approximate surface area is 82.9 Å². The molecular weight excluding hydrogens is 180 g/mol. The molecule has 1 aromatic rings. The third kappa shape index (κ3) is 1.88. The Morgan fingerprint density at radius 1 is 1.50 bits per heavy atom. The van der Waals surface area contributed by atoms with Crippen molar-refractivity contribution in [1.82, 2.24) is 0 Å². The molecule has 2 rings (SSSR count). The lowest BCUT2D eigenvalue weighted by molar-refractivity contribution is 0.0509. The second-order valence-corrected chi connectivity index (χ2v) is 2.89. The fourth-order valence-electron chi connectivity index (χ4n) is 1.25. The van der Waals surface area contributed by atoms with Gasteiger partial charge in [-0.1, -0.05) is 0 Å². The zero-order valence-electron chi connectivity index (χ0n) is 7.95. The predicted molar refractivity (Wildman–Crippen MR) is 52.1 cm³/mol. The van der Waals surface area contributed by atoms with Gasteiger partial charge in [-0.3, -0.25) is 0 Å². The van der Waals surface area contributed by atoms with Crippen LogP contribution in [0.1, 0.15) is 5.56 Å². The number of benzene rings is 1. The van der Waals surface area contributed by atoms with Crippen LogP contribution in [0.15, 0.2) is 18.2 Å². The van der Waals surface area contributed by atoms with E-state index < -0.39 is 0 Å². The minimum atomic E-state index is 0.251. The van der Waals surface area contributed by atoms with E-state index in [1.54, 1.807) is 7.11 Å². The number of hydrogen-bond donors (Lipinski definition) is 0. The highest BCUT2D eigenvalue weighted by Gasteiger charge is 2.06. The van der Waals surface area contributed by atoms with Gasteiger partial charge >= 0.3 is 0 Å². The van der Waals surface area contributed by atoms with E-state index in [1.165, 1.54) is 0 Å². The van der Waals surface area contributed by atoms with Crippen molar-refractivity contribution in [2.45, 2.75) is 0 Å². The first-order valence-electron chi connectivity index (χ1n) is 4.35. The highest BCUT2D eigenvalue weighted by atomic mass is 16.7. The Morgan fingerprint density at radius 3 is 3.29 bits per heavy atom. The van der Waals surface area contributed by atoms with Crippen LogP contribution in [0, 0.1) is 6.08 Å². The molecule has 14 heavy (non-hydrogen) atoms. The van der Waals surface area contributed by atoms with E-state index in [0.717, 1.165) is 17.1 Å². The summed E-state index contributed by atoms with van der Waals surface area (Å²) in [6.07, 6.45) is 4.91. The summed E-state index contributed by atoms with van der Waals surface area (Å²) in [4.78, 5) is 0. The molecule has 3 nitrogen and oxygen atoms in total. The van der Waals surface area contributed by atoms with Crippen LogP contribution >= 0.6 is 0 Å². The molecule has 0 saturated heterocycles. The molecule has 0 amide bonds. The maximum atomic E-state index is 5.38. The van der Waals surface area contributed by atoms with Gasteiger partial charge in [0.15, 0.2) is 6.79 Å². The van der Waals surface area contributed by atoms with Gasteiger partial charge in [-0.25, -0.2) is 0 Å². The monoisotopic (exact) mass is 191 g/mol. The molecule has 0 spiro atoms. The van der Waals surface area contributed by atoms with E-state index in [0.29, 0.717) is 6.61 Å². The van der Waals surface area contributed by atoms with Crippen LogP contribution in [-0.4, -0.2) is 20.5 Å². The molecule has 1 aliphatic heterocycles. The molecule has 0 saturated carbocycles. The van der Waals surface area contributed by atoms with E-state index in [1.807, 2.05) is 24.3 Å². The van der Waals surface area contributed by atoms with Crippen molar-refractivity contribution in [2.75, 3.05) is 20.5 Å². The summed E-state index contributed by atoms with van der Waals surface area (Å²) in [5.41, 5.74) is 1.03. The zero-order chi connectivity index (χ0) is 9.80. The van der Waals surface area contributed by atoms with Crippen molar-refractivity contribution in [3.05, 3.63) is 29.8 Å². The van der Waals surface area contributed by atoms with E-state index in [9.17, 15) is 0 Å². The van der Waals surface area contributed by atoms with Crippen LogP contribution in [0.3, 0.4) is 0 Å². The van der Waals surface area contributed by atoms with Gasteiger partial charge in [-0.2, -0.15) is 0 Å². The van der Waals surface area contributed by atoms with E-state index in [4.69, 9.17) is 14.2 Å². The maximum absolute atomic E-state index is 5.38. The van der Waals surface area contributed by atoms with Gasteiger partial charge in [0.1, 0.15) is 18.1 Å². The topological polar surface area (TPSA) is 27.7 Å². The van der Waals surface area contributed by atoms with Crippen molar-refractivity contribution >= 4 is 6.08 Å². The normalized spacial score (nSPS) is 13.2. The van der Waals surface area contributed by atoms with Gasteiger partial charge in [0, 0.05) is 18.7 Å². The number of rotatable bonds is 3. The number of fused-ring (bicyclic) bond motifs is 1. The summed E-state index contributed by atoms with van der Waals surface area (Å²) < 4.78 is 15.5. The lowest BCUT2D eigenvalue weighted by Crippen LogP contribution is -2.03. The standard InChI is InChI=1S/C11H11O3/c1-12-8-14-10-5-4-9-3-2-6-13-11(9)7-10/h3-5,7H,6,8H2,1H3. The molecule has 0 atom stereocenters. The summed E-state index contributed by atoms with van der Waals surface area (Å²) in [6.45, 7) is 0.751. The molecule has 1 heterocycles. The van der Waals surface area contributed by atoms with Crippen molar-refractivity contribution in [3.8, 4) is 11.5 Å². The van der Waals surface area contributed by atoms with Crippen LogP contribution in [0.2, 0.25) is 0 Å². The van der Waals surface area contributed by atoms with Crippen LogP contribution in [0.4, 0.5) is 0 Å². The highest BCUT2D eigenvalue weighted by Crippen LogP contribution is 2.27. The molecule has 0 fully saturated rings. The predicted octanol–water partition coefficient (Wildman–Crippen LogP) is 1.88. The summed E-state index contributed by atoms with van der Waals surface area (Å²) in [7, 11) is 1.59. The Bertz CT molecular complexity index is 344. The summed E-state index contributed by atoms with van der Waals surface area (Å²) >= 11 is 0. The molecule has 1 aromatic carbocycles. The molecule has 1 aliphatic rings. The first kappa shape index (κ1) is 9.09. The third-order valence-corrected chi connectivity index (χ3v) is 1.90. The van der Waals surface area contributed by atoms with Gasteiger partial charge in [-0.15, -0.1) is 0 Å². The van der Waals surface area contributed by atoms with Crippen molar-refractivity contribution in [3.63, 3.8) is 0 Å². The van der Waals surface area contributed by atoms with Crippen LogP contribution in [0.5, 0.6) is 11.5 Å². The minimum absolute atomic E-state index is 0.251. The fourth-order valence-corrected chi connectivity index (χ4v) is 1.25. The number of hydrogen-bond acceptors (Lipinski definition) is 3. The van der Waals surface area contributed by atoms with Gasteiger partial charge in [-0.05, 0) is 24.3 Å². The molecule has 0 aromatic heterocycles. The first-order valence-corrected chi connectivity index (χ1v) is 4.35. The van der Waals surface area contributed by atoms with Crippen molar-refractivity contribution in [1.29, 1.82) is 0 Å². The molecular formula is C11H11O3. The Balaban J connectivity index is 2.17. The maximum Gasteiger partial charge on any atom is 0.188 e. The minimum Gasteiger partial charge on any atom is -0.488 e. The van der Waals surface area contributed by atoms with Gasteiger partial charge in [0.05, 0.1) is 0 Å². The fraction of sp³-hybridized carbons (Fsp3) is 0.273. The largest absolute Gasteiger partial charge is 0.488 e. The lowest BCUT2D eigenvalue weighted by Gasteiger charge is -2.13.